The summed E-state index contributed by atoms with van der Waals surface area (Å²) in [6.45, 7) is 4.33. The Morgan fingerprint density at radius 3 is 2.20 bits per heavy atom. The lowest BCUT2D eigenvalue weighted by molar-refractivity contribution is -0.152. The molecule has 0 rings (SSSR count). The molecule has 0 saturated heterocycles. The van der Waals surface area contributed by atoms with Gasteiger partial charge in [0.2, 0.25) is 0 Å². The van der Waals surface area contributed by atoms with Crippen LogP contribution in [0.4, 0.5) is 0 Å². The van der Waals surface area contributed by atoms with E-state index in [-0.39, 0.29) is 19.1 Å². The highest BCUT2D eigenvalue weighted by Crippen LogP contribution is 2.14. The number of allylic oxidation sites excluding steroid dienone is 1. The molecule has 2 N–H and O–H groups in total. The molecule has 0 saturated carbocycles. The van der Waals surface area contributed by atoms with Gasteiger partial charge in [-0.3, -0.25) is 4.55 Å². The number of esters is 1. The molecule has 2 unspecified atom stereocenters. The highest BCUT2D eigenvalue weighted by atomic mass is 32.3. The molecule has 30 heavy (non-hydrogen) atoms. The number of unbranched alkanes of at least 4 members (excludes halogenated alkanes) is 8. The van der Waals surface area contributed by atoms with Crippen LogP contribution in [0.25, 0.3) is 0 Å². The number of rotatable bonds is 20. The van der Waals surface area contributed by atoms with Gasteiger partial charge in [0.05, 0.1) is 12.7 Å². The zero-order valence-electron chi connectivity index (χ0n) is 18.8. The minimum Gasteiger partial charge on any atom is -0.464 e. The molecule has 0 aromatic heterocycles. The number of hydrogen-bond acceptors (Lipinski definition) is 6. The summed E-state index contributed by atoms with van der Waals surface area (Å²) in [4.78, 5) is 11.9. The van der Waals surface area contributed by atoms with E-state index in [1.807, 2.05) is 13.0 Å². The molecule has 178 valence electrons. The first kappa shape index (κ1) is 29.0. The Labute approximate surface area is 183 Å². The molecule has 0 aromatic carbocycles. The van der Waals surface area contributed by atoms with Crippen molar-refractivity contribution in [3.05, 3.63) is 12.2 Å². The van der Waals surface area contributed by atoms with Crippen LogP contribution in [0.1, 0.15) is 104 Å². The standard InChI is InChI=1S/C22H42O7S/c1-3-5-7-13-16-20(23)17-14-11-9-8-10-12-15-18-21(29-30(25,26)27)22(24)28-19-6-4-2/h11,14,20-21,23H,3-10,12-13,15-19H2,1-2H3,(H,25,26,27)/b14-11-. The van der Waals surface area contributed by atoms with Crippen molar-refractivity contribution in [2.45, 2.75) is 116 Å². The van der Waals surface area contributed by atoms with Gasteiger partial charge < -0.3 is 9.84 Å². The van der Waals surface area contributed by atoms with Gasteiger partial charge in [0.15, 0.2) is 6.10 Å². The summed E-state index contributed by atoms with van der Waals surface area (Å²) in [7, 11) is -4.70. The molecule has 0 spiro atoms. The summed E-state index contributed by atoms with van der Waals surface area (Å²) < 4.78 is 40.2. The van der Waals surface area contributed by atoms with Gasteiger partial charge in [-0.25, -0.2) is 8.98 Å². The Morgan fingerprint density at radius 2 is 1.53 bits per heavy atom. The van der Waals surface area contributed by atoms with Gasteiger partial charge in [0.1, 0.15) is 0 Å². The Bertz CT molecular complexity index is 546. The van der Waals surface area contributed by atoms with Crippen LogP contribution in [-0.4, -0.2) is 42.9 Å². The highest BCUT2D eigenvalue weighted by molar-refractivity contribution is 7.80. The molecule has 0 radical (unpaired) electrons. The van der Waals surface area contributed by atoms with Gasteiger partial charge in [-0.15, -0.1) is 0 Å². The van der Waals surface area contributed by atoms with Gasteiger partial charge in [-0.2, -0.15) is 8.42 Å². The summed E-state index contributed by atoms with van der Waals surface area (Å²) in [6, 6.07) is 0. The number of aliphatic hydroxyl groups excluding tert-OH is 1. The van der Waals surface area contributed by atoms with E-state index in [2.05, 4.69) is 17.2 Å². The van der Waals surface area contributed by atoms with Crippen molar-refractivity contribution in [3.63, 3.8) is 0 Å². The molecule has 7 nitrogen and oxygen atoms in total. The molecule has 0 amide bonds. The van der Waals surface area contributed by atoms with E-state index in [0.29, 0.717) is 19.3 Å². The molecule has 2 atom stereocenters. The molecule has 0 aliphatic heterocycles. The van der Waals surface area contributed by atoms with Crippen molar-refractivity contribution in [1.82, 2.24) is 0 Å². The Hall–Kier alpha value is -0.960. The summed E-state index contributed by atoms with van der Waals surface area (Å²) >= 11 is 0. The molecule has 0 heterocycles. The highest BCUT2D eigenvalue weighted by Gasteiger charge is 2.26. The molecule has 0 aliphatic carbocycles. The van der Waals surface area contributed by atoms with Crippen molar-refractivity contribution < 1.29 is 31.8 Å². The fourth-order valence-corrected chi connectivity index (χ4v) is 3.47. The SMILES string of the molecule is CCCCCCC(O)C/C=C\CCCCCCC(OS(=O)(=O)O)C(=O)OCCCC. The van der Waals surface area contributed by atoms with E-state index in [1.54, 1.807) is 0 Å². The predicted octanol–water partition coefficient (Wildman–Crippen LogP) is 5.14. The first-order valence-electron chi connectivity index (χ1n) is 11.5. The normalized spacial score (nSPS) is 14.1. The third-order valence-electron chi connectivity index (χ3n) is 4.80. The van der Waals surface area contributed by atoms with Crippen LogP contribution in [0.5, 0.6) is 0 Å². The lowest BCUT2D eigenvalue weighted by Gasteiger charge is -2.14. The van der Waals surface area contributed by atoms with Crippen LogP contribution < -0.4 is 0 Å². The zero-order valence-corrected chi connectivity index (χ0v) is 19.6. The van der Waals surface area contributed by atoms with E-state index < -0.39 is 22.5 Å². The fourth-order valence-electron chi connectivity index (χ4n) is 3.00. The largest absolute Gasteiger partial charge is 0.464 e. The maximum Gasteiger partial charge on any atom is 0.398 e. The van der Waals surface area contributed by atoms with Crippen molar-refractivity contribution in [2.24, 2.45) is 0 Å². The lowest BCUT2D eigenvalue weighted by Crippen LogP contribution is -2.29. The molecule has 0 aliphatic rings. The van der Waals surface area contributed by atoms with E-state index >= 15 is 0 Å². The average Bonchev–Trinajstić information content (AvgIpc) is 2.68. The molecular formula is C22H42O7S. The van der Waals surface area contributed by atoms with Gasteiger partial charge in [0.25, 0.3) is 0 Å². The van der Waals surface area contributed by atoms with Crippen molar-refractivity contribution in [1.29, 1.82) is 0 Å². The third kappa shape index (κ3) is 19.0. The maximum atomic E-state index is 11.9. The minimum atomic E-state index is -4.70. The molecule has 0 aromatic rings. The molecule has 0 bridgehead atoms. The number of hydrogen-bond donors (Lipinski definition) is 2. The van der Waals surface area contributed by atoms with Crippen molar-refractivity contribution >= 4 is 16.4 Å². The summed E-state index contributed by atoms with van der Waals surface area (Å²) in [5.41, 5.74) is 0. The summed E-state index contributed by atoms with van der Waals surface area (Å²) in [5, 5.41) is 9.91. The predicted molar refractivity (Wildman–Crippen MR) is 119 cm³/mol. The van der Waals surface area contributed by atoms with Crippen LogP contribution in [0.3, 0.4) is 0 Å². The summed E-state index contributed by atoms with van der Waals surface area (Å²) in [6.07, 6.45) is 14.8. The van der Waals surface area contributed by atoms with Crippen LogP contribution >= 0.6 is 0 Å². The topological polar surface area (TPSA) is 110 Å². The second-order valence-corrected chi connectivity index (χ2v) is 8.78. The van der Waals surface area contributed by atoms with E-state index in [0.717, 1.165) is 44.9 Å². The third-order valence-corrected chi connectivity index (χ3v) is 5.27. The zero-order chi connectivity index (χ0) is 22.7. The van der Waals surface area contributed by atoms with E-state index in [4.69, 9.17) is 9.29 Å². The van der Waals surface area contributed by atoms with Crippen LogP contribution in [-0.2, 0) is 24.1 Å². The van der Waals surface area contributed by atoms with E-state index in [9.17, 15) is 18.3 Å². The quantitative estimate of drug-likeness (QED) is 0.114. The lowest BCUT2D eigenvalue weighted by atomic mass is 10.1. The number of carbonyl (C=O) groups is 1. The van der Waals surface area contributed by atoms with Crippen LogP contribution in [0, 0.1) is 0 Å². The minimum absolute atomic E-state index is 0.185. The van der Waals surface area contributed by atoms with Crippen molar-refractivity contribution in [3.8, 4) is 0 Å². The molecular weight excluding hydrogens is 408 g/mol. The molecule has 0 fully saturated rings. The summed E-state index contributed by atoms with van der Waals surface area (Å²) in [5.74, 6) is -0.753. The van der Waals surface area contributed by atoms with Crippen LogP contribution in [0.15, 0.2) is 12.2 Å². The van der Waals surface area contributed by atoms with Gasteiger partial charge in [-0.05, 0) is 38.5 Å². The smallest absolute Gasteiger partial charge is 0.398 e. The Morgan fingerprint density at radius 1 is 0.900 bits per heavy atom. The van der Waals surface area contributed by atoms with E-state index in [1.165, 1.54) is 19.3 Å². The Balaban J connectivity index is 3.93. The van der Waals surface area contributed by atoms with Gasteiger partial charge >= 0.3 is 16.4 Å². The second kappa shape index (κ2) is 18.8. The first-order valence-corrected chi connectivity index (χ1v) is 12.8. The number of aliphatic hydroxyl groups is 1. The monoisotopic (exact) mass is 450 g/mol. The number of ether oxygens (including phenoxy) is 1. The second-order valence-electron chi connectivity index (χ2n) is 7.74. The van der Waals surface area contributed by atoms with Crippen molar-refractivity contribution in [2.75, 3.05) is 6.61 Å². The number of carbonyl (C=O) groups excluding carboxylic acids is 1. The van der Waals surface area contributed by atoms with Gasteiger partial charge in [0, 0.05) is 0 Å². The average molecular weight is 451 g/mol. The molecule has 8 heteroatoms. The fraction of sp³-hybridized carbons (Fsp3) is 0.864. The first-order chi connectivity index (χ1) is 14.3. The Kier molecular flexibility index (Phi) is 18.2. The van der Waals surface area contributed by atoms with Crippen LogP contribution in [0.2, 0.25) is 0 Å². The van der Waals surface area contributed by atoms with Gasteiger partial charge in [-0.1, -0.05) is 77.4 Å². The maximum absolute atomic E-state index is 11.9.